The fraction of sp³-hybridized carbons (Fsp3) is 0.182. The Morgan fingerprint density at radius 2 is 2.31 bits per heavy atom. The third kappa shape index (κ3) is 2.82. The lowest BCUT2D eigenvalue weighted by Gasteiger charge is -2.03. The normalized spacial score (nSPS) is 8.81. The summed E-state index contributed by atoms with van der Waals surface area (Å²) in [5, 5.41) is 13.6. The SMILES string of the molecule is CC#CCNc1ccc(C=O)cc1[N+](=O)[O-]. The Balaban J connectivity index is 3.01. The summed E-state index contributed by atoms with van der Waals surface area (Å²) < 4.78 is 0. The van der Waals surface area contributed by atoms with E-state index in [4.69, 9.17) is 0 Å². The van der Waals surface area contributed by atoms with Gasteiger partial charge in [-0.2, -0.15) is 0 Å². The summed E-state index contributed by atoms with van der Waals surface area (Å²) in [5.74, 6) is 5.41. The first-order valence-electron chi connectivity index (χ1n) is 4.56. The molecule has 5 heteroatoms. The van der Waals surface area contributed by atoms with Gasteiger partial charge in [0.25, 0.3) is 5.69 Å². The first-order valence-corrected chi connectivity index (χ1v) is 4.56. The van der Waals surface area contributed by atoms with Crippen LogP contribution in [0.25, 0.3) is 0 Å². The maximum absolute atomic E-state index is 10.7. The molecule has 1 aromatic rings. The van der Waals surface area contributed by atoms with E-state index in [0.29, 0.717) is 18.5 Å². The van der Waals surface area contributed by atoms with Crippen molar-refractivity contribution in [2.75, 3.05) is 11.9 Å². The number of aldehydes is 1. The molecule has 1 N–H and O–H groups in total. The third-order valence-corrected chi connectivity index (χ3v) is 1.90. The van der Waals surface area contributed by atoms with Crippen molar-refractivity contribution in [2.24, 2.45) is 0 Å². The largest absolute Gasteiger partial charge is 0.369 e. The van der Waals surface area contributed by atoms with E-state index >= 15 is 0 Å². The number of carbonyl (C=O) groups is 1. The molecule has 0 heterocycles. The minimum absolute atomic E-state index is 0.123. The van der Waals surface area contributed by atoms with Gasteiger partial charge in [-0.15, -0.1) is 5.92 Å². The van der Waals surface area contributed by atoms with Crippen molar-refractivity contribution < 1.29 is 9.72 Å². The summed E-state index contributed by atoms with van der Waals surface area (Å²) in [7, 11) is 0. The van der Waals surface area contributed by atoms with Crippen LogP contribution < -0.4 is 5.32 Å². The highest BCUT2D eigenvalue weighted by molar-refractivity contribution is 5.79. The molecule has 0 bridgehead atoms. The molecule has 5 nitrogen and oxygen atoms in total. The van der Waals surface area contributed by atoms with E-state index in [1.165, 1.54) is 18.2 Å². The van der Waals surface area contributed by atoms with Crippen molar-refractivity contribution in [3.8, 4) is 11.8 Å². The van der Waals surface area contributed by atoms with Gasteiger partial charge < -0.3 is 5.32 Å². The summed E-state index contributed by atoms with van der Waals surface area (Å²) in [6, 6.07) is 4.25. The standard InChI is InChI=1S/C11H10N2O3/c1-2-3-6-12-10-5-4-9(8-14)7-11(10)13(15)16/h4-5,7-8,12H,6H2,1H3. The van der Waals surface area contributed by atoms with Gasteiger partial charge in [0.15, 0.2) is 0 Å². The third-order valence-electron chi connectivity index (χ3n) is 1.90. The minimum atomic E-state index is -0.533. The molecule has 0 spiro atoms. The van der Waals surface area contributed by atoms with Gasteiger partial charge in [0.05, 0.1) is 11.5 Å². The molecular weight excluding hydrogens is 208 g/mol. The Hall–Kier alpha value is -2.35. The van der Waals surface area contributed by atoms with Crippen molar-refractivity contribution in [3.05, 3.63) is 33.9 Å². The number of anilines is 1. The molecule has 82 valence electrons. The van der Waals surface area contributed by atoms with E-state index in [0.717, 1.165) is 0 Å². The van der Waals surface area contributed by atoms with Gasteiger partial charge in [-0.05, 0) is 19.1 Å². The zero-order valence-corrected chi connectivity index (χ0v) is 8.69. The lowest BCUT2D eigenvalue weighted by Crippen LogP contribution is -2.03. The average Bonchev–Trinajstić information content (AvgIpc) is 2.29. The van der Waals surface area contributed by atoms with Crippen molar-refractivity contribution in [2.45, 2.75) is 6.92 Å². The van der Waals surface area contributed by atoms with Gasteiger partial charge in [0, 0.05) is 11.6 Å². The number of nitrogens with one attached hydrogen (secondary N) is 1. The Bertz CT molecular complexity index is 472. The first-order chi connectivity index (χ1) is 7.69. The van der Waals surface area contributed by atoms with E-state index in [-0.39, 0.29) is 11.3 Å². The molecule has 0 saturated carbocycles. The Labute approximate surface area is 92.6 Å². The molecule has 0 amide bonds. The second kappa shape index (κ2) is 5.51. The van der Waals surface area contributed by atoms with Crippen molar-refractivity contribution >= 4 is 17.7 Å². The second-order valence-electron chi connectivity index (χ2n) is 2.93. The maximum Gasteiger partial charge on any atom is 0.293 e. The van der Waals surface area contributed by atoms with Gasteiger partial charge in [-0.3, -0.25) is 14.9 Å². The highest BCUT2D eigenvalue weighted by Crippen LogP contribution is 2.24. The maximum atomic E-state index is 10.7. The molecule has 1 aromatic carbocycles. The lowest BCUT2D eigenvalue weighted by molar-refractivity contribution is -0.384. The predicted molar refractivity (Wildman–Crippen MR) is 60.4 cm³/mol. The van der Waals surface area contributed by atoms with E-state index in [1.54, 1.807) is 6.92 Å². The highest BCUT2D eigenvalue weighted by Gasteiger charge is 2.13. The molecule has 0 aromatic heterocycles. The van der Waals surface area contributed by atoms with Gasteiger partial charge in [-0.25, -0.2) is 0 Å². The molecule has 16 heavy (non-hydrogen) atoms. The number of hydrogen-bond donors (Lipinski definition) is 1. The highest BCUT2D eigenvalue weighted by atomic mass is 16.6. The zero-order chi connectivity index (χ0) is 12.0. The number of rotatable bonds is 4. The Morgan fingerprint density at radius 3 is 2.88 bits per heavy atom. The molecule has 0 aliphatic heterocycles. The van der Waals surface area contributed by atoms with Crippen LogP contribution in [0.5, 0.6) is 0 Å². The number of benzene rings is 1. The number of nitro benzene ring substituents is 1. The summed E-state index contributed by atoms with van der Waals surface area (Å²) in [6.07, 6.45) is 0.572. The molecule has 0 saturated heterocycles. The monoisotopic (exact) mass is 218 g/mol. The van der Waals surface area contributed by atoms with Crippen LogP contribution in [0.3, 0.4) is 0 Å². The van der Waals surface area contributed by atoms with Crippen molar-refractivity contribution in [1.29, 1.82) is 0 Å². The van der Waals surface area contributed by atoms with E-state index in [2.05, 4.69) is 17.2 Å². The average molecular weight is 218 g/mol. The van der Waals surface area contributed by atoms with Crippen LogP contribution in [0.2, 0.25) is 0 Å². The number of hydrogen-bond acceptors (Lipinski definition) is 4. The topological polar surface area (TPSA) is 72.2 Å². The van der Waals surface area contributed by atoms with Crippen molar-refractivity contribution in [3.63, 3.8) is 0 Å². The van der Waals surface area contributed by atoms with Crippen LogP contribution >= 0.6 is 0 Å². The molecular formula is C11H10N2O3. The predicted octanol–water partition coefficient (Wildman–Crippen LogP) is 1.84. The molecule has 0 fully saturated rings. The Morgan fingerprint density at radius 1 is 1.56 bits per heavy atom. The van der Waals surface area contributed by atoms with Crippen LogP contribution in [-0.2, 0) is 0 Å². The van der Waals surface area contributed by atoms with Gasteiger partial charge in [0.2, 0.25) is 0 Å². The zero-order valence-electron chi connectivity index (χ0n) is 8.69. The fourth-order valence-corrected chi connectivity index (χ4v) is 1.15. The first kappa shape index (κ1) is 11.7. The molecule has 0 aliphatic rings. The number of nitrogens with zero attached hydrogens (tertiary/aromatic N) is 1. The summed E-state index contributed by atoms with van der Waals surface area (Å²) >= 11 is 0. The van der Waals surface area contributed by atoms with E-state index < -0.39 is 4.92 Å². The molecule has 0 unspecified atom stereocenters. The molecule has 0 radical (unpaired) electrons. The fourth-order valence-electron chi connectivity index (χ4n) is 1.15. The van der Waals surface area contributed by atoms with Crippen LogP contribution in [0.1, 0.15) is 17.3 Å². The molecule has 0 atom stereocenters. The number of nitro groups is 1. The smallest absolute Gasteiger partial charge is 0.293 e. The van der Waals surface area contributed by atoms with Crippen molar-refractivity contribution in [1.82, 2.24) is 0 Å². The second-order valence-corrected chi connectivity index (χ2v) is 2.93. The summed E-state index contributed by atoms with van der Waals surface area (Å²) in [4.78, 5) is 20.7. The van der Waals surface area contributed by atoms with Gasteiger partial charge in [0.1, 0.15) is 12.0 Å². The molecule has 1 rings (SSSR count). The summed E-state index contributed by atoms with van der Waals surface area (Å²) in [5.41, 5.74) is 0.514. The van der Waals surface area contributed by atoms with Crippen LogP contribution in [0.15, 0.2) is 18.2 Å². The van der Waals surface area contributed by atoms with E-state index in [1.807, 2.05) is 0 Å². The van der Waals surface area contributed by atoms with Crippen LogP contribution in [0.4, 0.5) is 11.4 Å². The van der Waals surface area contributed by atoms with Gasteiger partial charge in [-0.1, -0.05) is 5.92 Å². The van der Waals surface area contributed by atoms with Crippen LogP contribution in [0, 0.1) is 22.0 Å². The van der Waals surface area contributed by atoms with Gasteiger partial charge >= 0.3 is 0 Å². The lowest BCUT2D eigenvalue weighted by atomic mass is 10.2. The number of carbonyl (C=O) groups excluding carboxylic acids is 1. The van der Waals surface area contributed by atoms with E-state index in [9.17, 15) is 14.9 Å². The molecule has 0 aliphatic carbocycles. The minimum Gasteiger partial charge on any atom is -0.369 e. The quantitative estimate of drug-likeness (QED) is 0.362. The van der Waals surface area contributed by atoms with Crippen LogP contribution in [-0.4, -0.2) is 17.8 Å². The Kier molecular flexibility index (Phi) is 4.04. The summed E-state index contributed by atoms with van der Waals surface area (Å²) in [6.45, 7) is 2.02.